The molecule has 0 radical (unpaired) electrons. The number of piperazine rings is 1. The zero-order chi connectivity index (χ0) is 17.6. The van der Waals surface area contributed by atoms with Gasteiger partial charge in [0.2, 0.25) is 5.91 Å². The first-order chi connectivity index (χ1) is 12.2. The van der Waals surface area contributed by atoms with Gasteiger partial charge in [0.15, 0.2) is 0 Å². The van der Waals surface area contributed by atoms with E-state index in [0.29, 0.717) is 6.42 Å². The van der Waals surface area contributed by atoms with E-state index in [-0.39, 0.29) is 5.91 Å². The van der Waals surface area contributed by atoms with Crippen LogP contribution in [0, 0.1) is 0 Å². The number of methoxy groups -OCH3 is 2. The van der Waals surface area contributed by atoms with Crippen LogP contribution in [0.3, 0.4) is 0 Å². The molecule has 1 saturated heterocycles. The van der Waals surface area contributed by atoms with Gasteiger partial charge in [-0.3, -0.25) is 4.79 Å². The van der Waals surface area contributed by atoms with Crippen molar-refractivity contribution in [3.63, 3.8) is 0 Å². The fourth-order valence-corrected chi connectivity index (χ4v) is 3.09. The van der Waals surface area contributed by atoms with E-state index in [1.54, 1.807) is 14.2 Å². The minimum Gasteiger partial charge on any atom is -0.497 e. The van der Waals surface area contributed by atoms with Gasteiger partial charge >= 0.3 is 0 Å². The highest BCUT2D eigenvalue weighted by molar-refractivity contribution is 5.79. The van der Waals surface area contributed by atoms with Crippen molar-refractivity contribution >= 4 is 11.6 Å². The number of ether oxygens (including phenoxy) is 2. The molecule has 5 heteroatoms. The Labute approximate surface area is 148 Å². The second kappa shape index (κ2) is 7.92. The van der Waals surface area contributed by atoms with Crippen LogP contribution in [0.2, 0.25) is 0 Å². The van der Waals surface area contributed by atoms with Crippen LogP contribution in [0.15, 0.2) is 48.5 Å². The van der Waals surface area contributed by atoms with Gasteiger partial charge in [-0.25, -0.2) is 0 Å². The Morgan fingerprint density at radius 3 is 2.24 bits per heavy atom. The molecule has 5 nitrogen and oxygen atoms in total. The van der Waals surface area contributed by atoms with Crippen LogP contribution in [0.5, 0.6) is 11.5 Å². The molecule has 1 aliphatic heterocycles. The summed E-state index contributed by atoms with van der Waals surface area (Å²) in [5, 5.41) is 0. The summed E-state index contributed by atoms with van der Waals surface area (Å²) in [5.74, 6) is 1.81. The molecule has 132 valence electrons. The Bertz CT molecular complexity index is 724. The van der Waals surface area contributed by atoms with Crippen molar-refractivity contribution in [3.05, 3.63) is 54.1 Å². The van der Waals surface area contributed by atoms with Crippen LogP contribution in [0.1, 0.15) is 5.56 Å². The molecule has 1 heterocycles. The van der Waals surface area contributed by atoms with E-state index < -0.39 is 0 Å². The van der Waals surface area contributed by atoms with Gasteiger partial charge in [-0.2, -0.15) is 0 Å². The molecule has 1 fully saturated rings. The molecule has 2 aromatic carbocycles. The molecular formula is C20H24N2O3. The molecule has 2 aromatic rings. The Kier molecular flexibility index (Phi) is 5.43. The van der Waals surface area contributed by atoms with Crippen molar-refractivity contribution in [2.45, 2.75) is 6.42 Å². The number of benzene rings is 2. The standard InChI is InChI=1S/C20H24N2O3/c1-24-18-7-3-5-16(13-18)14-20(23)22-11-9-21(10-12-22)17-6-4-8-19(15-17)25-2/h3-8,13,15H,9-12,14H2,1-2H3. The quantitative estimate of drug-likeness (QED) is 0.839. The van der Waals surface area contributed by atoms with E-state index in [1.165, 1.54) is 0 Å². The van der Waals surface area contributed by atoms with Gasteiger partial charge < -0.3 is 19.3 Å². The first kappa shape index (κ1) is 17.1. The molecule has 1 aliphatic rings. The van der Waals surface area contributed by atoms with Gasteiger partial charge in [-0.05, 0) is 29.8 Å². The van der Waals surface area contributed by atoms with Crippen LogP contribution in [0.4, 0.5) is 5.69 Å². The summed E-state index contributed by atoms with van der Waals surface area (Å²) in [6, 6.07) is 15.7. The van der Waals surface area contributed by atoms with Crippen LogP contribution in [0.25, 0.3) is 0 Å². The smallest absolute Gasteiger partial charge is 0.227 e. The van der Waals surface area contributed by atoms with Crippen LogP contribution >= 0.6 is 0 Å². The summed E-state index contributed by atoms with van der Waals surface area (Å²) in [6.07, 6.45) is 0.413. The van der Waals surface area contributed by atoms with E-state index in [0.717, 1.165) is 48.9 Å². The molecule has 0 unspecified atom stereocenters. The molecular weight excluding hydrogens is 316 g/mol. The Morgan fingerprint density at radius 1 is 0.920 bits per heavy atom. The predicted molar refractivity (Wildman–Crippen MR) is 98.5 cm³/mol. The molecule has 0 spiro atoms. The maximum atomic E-state index is 12.6. The minimum atomic E-state index is 0.165. The average molecular weight is 340 g/mol. The average Bonchev–Trinajstić information content (AvgIpc) is 2.68. The second-order valence-electron chi connectivity index (χ2n) is 6.10. The van der Waals surface area contributed by atoms with E-state index >= 15 is 0 Å². The second-order valence-corrected chi connectivity index (χ2v) is 6.10. The summed E-state index contributed by atoms with van der Waals surface area (Å²) in [5.41, 5.74) is 2.12. The number of carbonyl (C=O) groups is 1. The van der Waals surface area contributed by atoms with Crippen LogP contribution < -0.4 is 14.4 Å². The first-order valence-corrected chi connectivity index (χ1v) is 8.49. The van der Waals surface area contributed by atoms with Crippen molar-refractivity contribution in [1.29, 1.82) is 0 Å². The summed E-state index contributed by atoms with van der Waals surface area (Å²) < 4.78 is 10.5. The normalized spacial score (nSPS) is 14.3. The fourth-order valence-electron chi connectivity index (χ4n) is 3.09. The van der Waals surface area contributed by atoms with Crippen molar-refractivity contribution in [1.82, 2.24) is 4.90 Å². The largest absolute Gasteiger partial charge is 0.497 e. The lowest BCUT2D eigenvalue weighted by atomic mass is 10.1. The Balaban J connectivity index is 1.57. The molecule has 0 atom stereocenters. The Morgan fingerprint density at radius 2 is 1.56 bits per heavy atom. The zero-order valence-corrected chi connectivity index (χ0v) is 14.8. The van der Waals surface area contributed by atoms with Gasteiger partial charge in [0.25, 0.3) is 0 Å². The van der Waals surface area contributed by atoms with Crippen LogP contribution in [-0.2, 0) is 11.2 Å². The van der Waals surface area contributed by atoms with Gasteiger partial charge in [-0.15, -0.1) is 0 Å². The van der Waals surface area contributed by atoms with E-state index in [1.807, 2.05) is 47.4 Å². The van der Waals surface area contributed by atoms with E-state index in [4.69, 9.17) is 9.47 Å². The maximum Gasteiger partial charge on any atom is 0.227 e. The van der Waals surface area contributed by atoms with Crippen molar-refractivity contribution in [3.8, 4) is 11.5 Å². The minimum absolute atomic E-state index is 0.165. The monoisotopic (exact) mass is 340 g/mol. The molecule has 25 heavy (non-hydrogen) atoms. The number of hydrogen-bond donors (Lipinski definition) is 0. The highest BCUT2D eigenvalue weighted by Crippen LogP contribution is 2.22. The van der Waals surface area contributed by atoms with Crippen molar-refractivity contribution in [2.24, 2.45) is 0 Å². The van der Waals surface area contributed by atoms with E-state index in [2.05, 4.69) is 11.0 Å². The van der Waals surface area contributed by atoms with E-state index in [9.17, 15) is 4.79 Å². The molecule has 0 aromatic heterocycles. The lowest BCUT2D eigenvalue weighted by molar-refractivity contribution is -0.130. The number of rotatable bonds is 5. The SMILES string of the molecule is COc1cccc(CC(=O)N2CCN(c3cccc(OC)c3)CC2)c1. The summed E-state index contributed by atoms with van der Waals surface area (Å²) in [6.45, 7) is 3.13. The summed E-state index contributed by atoms with van der Waals surface area (Å²) in [7, 11) is 3.31. The first-order valence-electron chi connectivity index (χ1n) is 8.49. The predicted octanol–water partition coefficient (Wildman–Crippen LogP) is 2.60. The number of nitrogens with zero attached hydrogens (tertiary/aromatic N) is 2. The lowest BCUT2D eigenvalue weighted by Crippen LogP contribution is -2.49. The molecule has 0 saturated carbocycles. The molecule has 0 N–H and O–H groups in total. The van der Waals surface area contributed by atoms with Gasteiger partial charge in [0.1, 0.15) is 11.5 Å². The third kappa shape index (κ3) is 4.24. The highest BCUT2D eigenvalue weighted by Gasteiger charge is 2.21. The third-order valence-corrected chi connectivity index (χ3v) is 4.54. The number of anilines is 1. The third-order valence-electron chi connectivity index (χ3n) is 4.54. The van der Waals surface area contributed by atoms with Crippen molar-refractivity contribution < 1.29 is 14.3 Å². The summed E-state index contributed by atoms with van der Waals surface area (Å²) >= 11 is 0. The lowest BCUT2D eigenvalue weighted by Gasteiger charge is -2.36. The fraction of sp³-hybridized carbons (Fsp3) is 0.350. The van der Waals surface area contributed by atoms with Crippen LogP contribution in [-0.4, -0.2) is 51.2 Å². The number of carbonyl (C=O) groups excluding carboxylic acids is 1. The molecule has 0 aliphatic carbocycles. The zero-order valence-electron chi connectivity index (χ0n) is 14.8. The Hall–Kier alpha value is -2.69. The molecule has 3 rings (SSSR count). The number of amides is 1. The van der Waals surface area contributed by atoms with Gasteiger partial charge in [-0.1, -0.05) is 18.2 Å². The maximum absolute atomic E-state index is 12.6. The van der Waals surface area contributed by atoms with Crippen molar-refractivity contribution in [2.75, 3.05) is 45.3 Å². The van der Waals surface area contributed by atoms with Gasteiger partial charge in [0, 0.05) is 37.9 Å². The molecule has 0 bridgehead atoms. The van der Waals surface area contributed by atoms with Gasteiger partial charge in [0.05, 0.1) is 20.6 Å². The number of hydrogen-bond acceptors (Lipinski definition) is 4. The summed E-state index contributed by atoms with van der Waals surface area (Å²) in [4.78, 5) is 16.8. The highest BCUT2D eigenvalue weighted by atomic mass is 16.5. The topological polar surface area (TPSA) is 42.0 Å². The molecule has 1 amide bonds.